The van der Waals surface area contributed by atoms with E-state index in [0.717, 1.165) is 12.3 Å². The van der Waals surface area contributed by atoms with Gasteiger partial charge in [-0.15, -0.1) is 0 Å². The van der Waals surface area contributed by atoms with Crippen molar-refractivity contribution < 1.29 is 4.79 Å². The molecule has 118 valence electrons. The van der Waals surface area contributed by atoms with Gasteiger partial charge >= 0.3 is 0 Å². The van der Waals surface area contributed by atoms with Crippen LogP contribution in [0.15, 0.2) is 0 Å². The monoisotopic (exact) mass is 328 g/mol. The summed E-state index contributed by atoms with van der Waals surface area (Å²) in [4.78, 5) is 19.5. The molecular weight excluding hydrogens is 304 g/mol. The molecule has 0 aromatic carbocycles. The smallest absolute Gasteiger partial charge is 0.268 e. The third kappa shape index (κ3) is 3.83. The average molecular weight is 329 g/mol. The number of hydrogen-bond donors (Lipinski definition) is 2. The Labute approximate surface area is 134 Å². The van der Waals surface area contributed by atoms with Crippen molar-refractivity contribution in [1.82, 2.24) is 9.88 Å². The second-order valence-corrected chi connectivity index (χ2v) is 8.91. The fourth-order valence-corrected chi connectivity index (χ4v) is 4.36. The fourth-order valence-electron chi connectivity index (χ4n) is 2.21. The Hall–Kier alpha value is -0.950. The highest BCUT2D eigenvalue weighted by molar-refractivity contribution is 8.00. The van der Waals surface area contributed by atoms with E-state index in [2.05, 4.69) is 44.9 Å². The third-order valence-electron chi connectivity index (χ3n) is 3.47. The molecular formula is C14H24N4OS2. The molecule has 1 aliphatic rings. The summed E-state index contributed by atoms with van der Waals surface area (Å²) in [5.74, 6) is 1.31. The van der Waals surface area contributed by atoms with Gasteiger partial charge in [-0.25, -0.2) is 4.98 Å². The van der Waals surface area contributed by atoms with Crippen molar-refractivity contribution in [1.29, 1.82) is 0 Å². The van der Waals surface area contributed by atoms with Crippen molar-refractivity contribution in [3.63, 3.8) is 0 Å². The number of carbonyl (C=O) groups is 1. The van der Waals surface area contributed by atoms with Crippen LogP contribution < -0.4 is 11.1 Å². The SMILES string of the molecule is CC1SCCN(C(=O)c2sc(NC(C)(C)C)nc2N)C1C. The molecule has 21 heavy (non-hydrogen) atoms. The van der Waals surface area contributed by atoms with Crippen LogP contribution in [0.2, 0.25) is 0 Å². The quantitative estimate of drug-likeness (QED) is 0.873. The summed E-state index contributed by atoms with van der Waals surface area (Å²) >= 11 is 3.26. The van der Waals surface area contributed by atoms with Gasteiger partial charge in [0.1, 0.15) is 10.7 Å². The zero-order valence-electron chi connectivity index (χ0n) is 13.3. The Morgan fingerprint density at radius 3 is 2.71 bits per heavy atom. The van der Waals surface area contributed by atoms with Crippen molar-refractivity contribution in [2.24, 2.45) is 0 Å². The lowest BCUT2D eigenvalue weighted by Gasteiger charge is -2.37. The van der Waals surface area contributed by atoms with Crippen LogP contribution in [-0.4, -0.2) is 44.9 Å². The molecule has 0 aliphatic carbocycles. The molecule has 1 amide bonds. The molecule has 2 rings (SSSR count). The molecule has 1 aromatic rings. The summed E-state index contributed by atoms with van der Waals surface area (Å²) in [6.07, 6.45) is 0. The molecule has 0 saturated carbocycles. The van der Waals surface area contributed by atoms with Crippen LogP contribution in [0.25, 0.3) is 0 Å². The molecule has 0 spiro atoms. The minimum Gasteiger partial charge on any atom is -0.382 e. The van der Waals surface area contributed by atoms with Gasteiger partial charge in [0.15, 0.2) is 5.13 Å². The van der Waals surface area contributed by atoms with Crippen LogP contribution in [0.5, 0.6) is 0 Å². The zero-order chi connectivity index (χ0) is 15.8. The Bertz CT molecular complexity index is 524. The topological polar surface area (TPSA) is 71.2 Å². The molecule has 1 aromatic heterocycles. The number of rotatable bonds is 2. The van der Waals surface area contributed by atoms with Crippen LogP contribution in [0, 0.1) is 0 Å². The lowest BCUT2D eigenvalue weighted by Crippen LogP contribution is -2.47. The number of aromatic nitrogens is 1. The molecule has 5 nitrogen and oxygen atoms in total. The van der Waals surface area contributed by atoms with Gasteiger partial charge in [0.2, 0.25) is 0 Å². The Kier molecular flexibility index (Phi) is 4.72. The van der Waals surface area contributed by atoms with E-state index < -0.39 is 0 Å². The number of anilines is 2. The van der Waals surface area contributed by atoms with E-state index in [-0.39, 0.29) is 17.5 Å². The maximum Gasteiger partial charge on any atom is 0.268 e. The van der Waals surface area contributed by atoms with E-state index in [0.29, 0.717) is 21.1 Å². The van der Waals surface area contributed by atoms with Gasteiger partial charge < -0.3 is 16.0 Å². The van der Waals surface area contributed by atoms with Crippen LogP contribution in [0.4, 0.5) is 10.9 Å². The lowest BCUT2D eigenvalue weighted by molar-refractivity contribution is 0.0704. The molecule has 3 N–H and O–H groups in total. The van der Waals surface area contributed by atoms with Crippen molar-refractivity contribution in [3.8, 4) is 0 Å². The average Bonchev–Trinajstić information content (AvgIpc) is 2.70. The van der Waals surface area contributed by atoms with Gasteiger partial charge in [0.25, 0.3) is 5.91 Å². The largest absolute Gasteiger partial charge is 0.382 e. The van der Waals surface area contributed by atoms with Crippen molar-refractivity contribution in [2.75, 3.05) is 23.3 Å². The Balaban J connectivity index is 2.19. The number of nitrogens with one attached hydrogen (secondary N) is 1. The highest BCUT2D eigenvalue weighted by Gasteiger charge is 2.32. The van der Waals surface area contributed by atoms with Gasteiger partial charge in [-0.05, 0) is 27.7 Å². The summed E-state index contributed by atoms with van der Waals surface area (Å²) in [7, 11) is 0. The van der Waals surface area contributed by atoms with E-state index in [9.17, 15) is 4.79 Å². The van der Waals surface area contributed by atoms with E-state index in [1.165, 1.54) is 11.3 Å². The molecule has 2 unspecified atom stereocenters. The Morgan fingerprint density at radius 2 is 2.10 bits per heavy atom. The predicted molar refractivity (Wildman–Crippen MR) is 92.3 cm³/mol. The van der Waals surface area contributed by atoms with Gasteiger partial charge in [0, 0.05) is 29.1 Å². The highest BCUT2D eigenvalue weighted by Crippen LogP contribution is 2.31. The second-order valence-electron chi connectivity index (χ2n) is 6.42. The maximum absolute atomic E-state index is 12.7. The van der Waals surface area contributed by atoms with Gasteiger partial charge in [0.05, 0.1) is 0 Å². The molecule has 1 aliphatic heterocycles. The van der Waals surface area contributed by atoms with Gasteiger partial charge in [-0.2, -0.15) is 11.8 Å². The van der Waals surface area contributed by atoms with Crippen molar-refractivity contribution in [2.45, 2.75) is 51.4 Å². The van der Waals surface area contributed by atoms with Crippen molar-refractivity contribution in [3.05, 3.63) is 4.88 Å². The fraction of sp³-hybridized carbons (Fsp3) is 0.714. The number of carbonyl (C=O) groups excluding carboxylic acids is 1. The van der Waals surface area contributed by atoms with Crippen LogP contribution in [0.3, 0.4) is 0 Å². The number of nitrogens with zero attached hydrogens (tertiary/aromatic N) is 2. The number of thioether (sulfide) groups is 1. The highest BCUT2D eigenvalue weighted by atomic mass is 32.2. The molecule has 1 saturated heterocycles. The number of thiazole rings is 1. The second kappa shape index (κ2) is 6.04. The summed E-state index contributed by atoms with van der Waals surface area (Å²) in [5, 5.41) is 4.42. The van der Waals surface area contributed by atoms with E-state index in [1.54, 1.807) is 0 Å². The number of amides is 1. The predicted octanol–water partition coefficient (Wildman–Crippen LogP) is 2.90. The molecule has 1 fully saturated rings. The van der Waals surface area contributed by atoms with Crippen LogP contribution in [-0.2, 0) is 0 Å². The minimum atomic E-state index is -0.103. The van der Waals surface area contributed by atoms with E-state index in [4.69, 9.17) is 5.73 Å². The Morgan fingerprint density at radius 1 is 1.43 bits per heavy atom. The first-order valence-corrected chi connectivity index (χ1v) is 9.02. The maximum atomic E-state index is 12.7. The van der Waals surface area contributed by atoms with Crippen LogP contribution in [0.1, 0.15) is 44.3 Å². The first kappa shape index (κ1) is 16.4. The minimum absolute atomic E-state index is 0.00612. The number of hydrogen-bond acceptors (Lipinski definition) is 6. The summed E-state index contributed by atoms with van der Waals surface area (Å²) < 4.78 is 0. The zero-order valence-corrected chi connectivity index (χ0v) is 14.9. The van der Waals surface area contributed by atoms with Gasteiger partial charge in [-0.3, -0.25) is 4.79 Å². The normalized spacial score (nSPS) is 23.2. The lowest BCUT2D eigenvalue weighted by atomic mass is 10.1. The summed E-state index contributed by atoms with van der Waals surface area (Å²) in [6, 6.07) is 0.219. The number of nitrogen functional groups attached to an aromatic ring is 1. The summed E-state index contributed by atoms with van der Waals surface area (Å²) in [6.45, 7) is 11.2. The van der Waals surface area contributed by atoms with Gasteiger partial charge in [-0.1, -0.05) is 18.3 Å². The molecule has 0 radical (unpaired) electrons. The molecule has 2 atom stereocenters. The van der Waals surface area contributed by atoms with E-state index in [1.807, 2.05) is 16.7 Å². The van der Waals surface area contributed by atoms with E-state index >= 15 is 0 Å². The standard InChI is InChI=1S/C14H24N4OS2/c1-8-9(2)20-7-6-18(8)12(19)10-11(15)16-13(21-10)17-14(3,4)5/h8-9H,6-7,15H2,1-5H3,(H,16,17). The third-order valence-corrected chi connectivity index (χ3v) is 5.79. The molecule has 0 bridgehead atoms. The molecule has 7 heteroatoms. The first-order chi connectivity index (χ1) is 9.69. The number of nitrogens with two attached hydrogens (primary N) is 1. The first-order valence-electron chi connectivity index (χ1n) is 7.16. The summed E-state index contributed by atoms with van der Waals surface area (Å²) in [5.41, 5.74) is 5.85. The molecule has 2 heterocycles. The van der Waals surface area contributed by atoms with Crippen LogP contribution >= 0.6 is 23.1 Å². The van der Waals surface area contributed by atoms with Crippen molar-refractivity contribution >= 4 is 40.0 Å².